The van der Waals surface area contributed by atoms with Gasteiger partial charge < -0.3 is 20.0 Å². The Morgan fingerprint density at radius 2 is 1.39 bits per heavy atom. The monoisotopic (exact) mass is 441 g/mol. The Morgan fingerprint density at radius 3 is 1.90 bits per heavy atom. The lowest BCUT2D eigenvalue weighted by atomic mass is 10.1. The van der Waals surface area contributed by atoms with Crippen LogP contribution in [0.4, 0.5) is 0 Å². The van der Waals surface area contributed by atoms with Gasteiger partial charge in [0, 0.05) is 12.8 Å². The third-order valence-corrected chi connectivity index (χ3v) is 6.12. The largest absolute Gasteiger partial charge is 0.393 e. The highest BCUT2D eigenvalue weighted by Gasteiger charge is 2.30. The molecular formula is C26H53N2O3+. The topological polar surface area (TPSA) is 69.6 Å². The molecule has 0 aromatic rings. The number of likely N-dealkylation sites (N-methyl/N-ethyl adjacent to an activating group) is 1. The normalized spacial score (nSPS) is 14.1. The number of nitrogens with one attached hydrogen (secondary N) is 1. The summed E-state index contributed by atoms with van der Waals surface area (Å²) in [6.45, 7) is 4.47. The Labute approximate surface area is 192 Å². The van der Waals surface area contributed by atoms with Crippen LogP contribution in [-0.4, -0.2) is 60.1 Å². The van der Waals surface area contributed by atoms with Crippen LogP contribution < -0.4 is 5.32 Å². The van der Waals surface area contributed by atoms with E-state index in [9.17, 15) is 9.90 Å². The summed E-state index contributed by atoms with van der Waals surface area (Å²) >= 11 is 0. The van der Waals surface area contributed by atoms with E-state index in [4.69, 9.17) is 5.11 Å². The van der Waals surface area contributed by atoms with Gasteiger partial charge in [0.2, 0.25) is 5.91 Å². The van der Waals surface area contributed by atoms with Crippen LogP contribution in [0.3, 0.4) is 0 Å². The van der Waals surface area contributed by atoms with Crippen molar-refractivity contribution in [1.82, 2.24) is 5.32 Å². The molecule has 0 spiro atoms. The fourth-order valence-electron chi connectivity index (χ4n) is 4.11. The second-order valence-electron chi connectivity index (χ2n) is 9.62. The molecule has 0 bridgehead atoms. The van der Waals surface area contributed by atoms with Crippen molar-refractivity contribution in [3.63, 3.8) is 0 Å². The summed E-state index contributed by atoms with van der Waals surface area (Å²) in [6, 6.07) is 0. The van der Waals surface area contributed by atoms with Gasteiger partial charge in [0.05, 0.1) is 20.7 Å². The van der Waals surface area contributed by atoms with E-state index in [1.165, 1.54) is 70.6 Å². The second-order valence-corrected chi connectivity index (χ2v) is 9.62. The molecule has 5 heteroatoms. The molecule has 3 N–H and O–H groups in total. The van der Waals surface area contributed by atoms with Gasteiger partial charge in [0.25, 0.3) is 0 Å². The number of nitrogens with zero attached hydrogens (tertiary/aromatic N) is 1. The summed E-state index contributed by atoms with van der Waals surface area (Å²) in [5, 5.41) is 21.9. The molecule has 0 radical (unpaired) electrons. The van der Waals surface area contributed by atoms with Crippen LogP contribution in [0.5, 0.6) is 0 Å². The molecule has 0 fully saturated rings. The molecule has 184 valence electrons. The zero-order chi connectivity index (χ0) is 23.4. The van der Waals surface area contributed by atoms with Crippen LogP contribution in [0.2, 0.25) is 0 Å². The van der Waals surface area contributed by atoms with Crippen molar-refractivity contribution in [3.05, 3.63) is 12.2 Å². The Bertz CT molecular complexity index is 452. The molecule has 0 aliphatic rings. The van der Waals surface area contributed by atoms with Gasteiger partial charge in [0.1, 0.15) is 12.6 Å². The third-order valence-electron chi connectivity index (χ3n) is 6.12. The summed E-state index contributed by atoms with van der Waals surface area (Å²) in [7, 11) is 3.96. The molecule has 0 aromatic heterocycles. The number of hydrogen-bond donors (Lipinski definition) is 3. The number of allylic oxidation sites excluding steroid dienone is 2. The first kappa shape index (κ1) is 30.1. The maximum Gasteiger partial charge on any atom is 0.224 e. The highest BCUT2D eigenvalue weighted by atomic mass is 16.3. The smallest absolute Gasteiger partial charge is 0.224 e. The number of unbranched alkanes of at least 4 members (excludes halogenated alkanes) is 11. The molecular weight excluding hydrogens is 388 g/mol. The highest BCUT2D eigenvalue weighted by molar-refractivity contribution is 5.75. The first-order valence-electron chi connectivity index (χ1n) is 12.9. The van der Waals surface area contributed by atoms with Crippen molar-refractivity contribution >= 4 is 5.91 Å². The molecule has 31 heavy (non-hydrogen) atoms. The average Bonchev–Trinajstić information content (AvgIpc) is 2.74. The fourth-order valence-corrected chi connectivity index (χ4v) is 4.11. The van der Waals surface area contributed by atoms with Crippen molar-refractivity contribution in [1.29, 1.82) is 0 Å². The Kier molecular flexibility index (Phi) is 19.2. The molecule has 5 nitrogen and oxygen atoms in total. The van der Waals surface area contributed by atoms with Crippen LogP contribution in [0.15, 0.2) is 12.2 Å². The number of aliphatic hydroxyl groups excluding tert-OH is 2. The molecule has 0 aliphatic carbocycles. The second kappa shape index (κ2) is 19.8. The number of rotatable bonds is 21. The van der Waals surface area contributed by atoms with Gasteiger partial charge in [-0.2, -0.15) is 0 Å². The number of carbonyl (C=O) groups is 1. The van der Waals surface area contributed by atoms with E-state index in [2.05, 4.69) is 24.4 Å². The van der Waals surface area contributed by atoms with Gasteiger partial charge >= 0.3 is 0 Å². The Morgan fingerprint density at radius 1 is 0.871 bits per heavy atom. The first-order chi connectivity index (χ1) is 14.9. The number of hydrogen-bond acceptors (Lipinski definition) is 3. The molecule has 0 saturated heterocycles. The van der Waals surface area contributed by atoms with Crippen LogP contribution in [0.1, 0.15) is 110 Å². The molecule has 2 unspecified atom stereocenters. The predicted octanol–water partition coefficient (Wildman–Crippen LogP) is 5.31. The summed E-state index contributed by atoms with van der Waals surface area (Å²) < 4.78 is 0.469. The molecule has 0 rings (SSSR count). The number of aliphatic hydroxyl groups is 2. The van der Waals surface area contributed by atoms with Gasteiger partial charge in [-0.1, -0.05) is 77.4 Å². The van der Waals surface area contributed by atoms with Gasteiger partial charge in [-0.3, -0.25) is 4.79 Å². The maximum atomic E-state index is 12.3. The van der Waals surface area contributed by atoms with Crippen molar-refractivity contribution < 1.29 is 19.5 Å². The molecule has 0 aliphatic heterocycles. The summed E-state index contributed by atoms with van der Waals surface area (Å²) in [6.07, 6.45) is 21.6. The fraction of sp³-hybridized carbons (Fsp3) is 0.885. The van der Waals surface area contributed by atoms with Crippen LogP contribution >= 0.6 is 0 Å². The number of quaternary nitrogens is 1. The van der Waals surface area contributed by atoms with Gasteiger partial charge in [0.15, 0.2) is 6.17 Å². The lowest BCUT2D eigenvalue weighted by Crippen LogP contribution is -2.60. The zero-order valence-electron chi connectivity index (χ0n) is 21.1. The van der Waals surface area contributed by atoms with Crippen molar-refractivity contribution in [2.45, 2.75) is 122 Å². The van der Waals surface area contributed by atoms with E-state index in [1.54, 1.807) is 0 Å². The Hall–Kier alpha value is -0.910. The van der Waals surface area contributed by atoms with Crippen LogP contribution in [-0.2, 0) is 4.79 Å². The quantitative estimate of drug-likeness (QED) is 0.0979. The van der Waals surface area contributed by atoms with Crippen LogP contribution in [0.25, 0.3) is 0 Å². The minimum Gasteiger partial charge on any atom is -0.393 e. The van der Waals surface area contributed by atoms with Crippen LogP contribution in [0, 0.1) is 0 Å². The van der Waals surface area contributed by atoms with E-state index in [1.807, 2.05) is 21.0 Å². The minimum atomic E-state index is -0.758. The minimum absolute atomic E-state index is 0.0446. The lowest BCUT2D eigenvalue weighted by Gasteiger charge is -2.39. The summed E-state index contributed by atoms with van der Waals surface area (Å²) in [5.74, 6) is 0.0918. The highest BCUT2D eigenvalue weighted by Crippen LogP contribution is 2.12. The Balaban J connectivity index is 3.71. The molecule has 0 heterocycles. The predicted molar refractivity (Wildman–Crippen MR) is 132 cm³/mol. The third kappa shape index (κ3) is 17.3. The first-order valence-corrected chi connectivity index (χ1v) is 12.9. The molecule has 0 aromatic carbocycles. The maximum absolute atomic E-state index is 12.3. The van der Waals surface area contributed by atoms with Crippen molar-refractivity contribution in [3.8, 4) is 0 Å². The molecule has 0 saturated carbocycles. The standard InChI is InChI=1S/C26H52N2O3/c1-5-7-8-9-10-11-12-13-14-15-16-17-18-19-20-21-26(31)27-25(6-2)28(3,4)22-24(30)23-29/h13-14,24-25,29-30H,5-12,15-23H2,1-4H3/p+1/b14-13-. The van der Waals surface area contributed by atoms with E-state index in [0.717, 1.165) is 19.3 Å². The zero-order valence-corrected chi connectivity index (χ0v) is 21.1. The summed E-state index contributed by atoms with van der Waals surface area (Å²) in [5.41, 5.74) is 0. The number of carbonyl (C=O) groups excluding carboxylic acids is 1. The van der Waals surface area contributed by atoms with Crippen molar-refractivity contribution in [2.24, 2.45) is 0 Å². The molecule has 2 atom stereocenters. The van der Waals surface area contributed by atoms with Gasteiger partial charge in [-0.05, 0) is 32.1 Å². The lowest BCUT2D eigenvalue weighted by molar-refractivity contribution is -0.920. The van der Waals surface area contributed by atoms with Gasteiger partial charge in [-0.25, -0.2) is 0 Å². The van der Waals surface area contributed by atoms with E-state index < -0.39 is 6.10 Å². The molecule has 1 amide bonds. The van der Waals surface area contributed by atoms with E-state index in [-0.39, 0.29) is 18.7 Å². The van der Waals surface area contributed by atoms with E-state index in [0.29, 0.717) is 17.4 Å². The van der Waals surface area contributed by atoms with Gasteiger partial charge in [-0.15, -0.1) is 0 Å². The summed E-state index contributed by atoms with van der Waals surface area (Å²) in [4.78, 5) is 12.3. The van der Waals surface area contributed by atoms with E-state index >= 15 is 0 Å². The number of amides is 1. The average molecular weight is 442 g/mol. The SMILES string of the molecule is CCCCCCCC/C=C\CCCCCCCC(=O)NC(CC)[N+](C)(C)CC(O)CO. The van der Waals surface area contributed by atoms with Crippen molar-refractivity contribution in [2.75, 3.05) is 27.2 Å².